The second kappa shape index (κ2) is 4.69. The van der Waals surface area contributed by atoms with E-state index in [1.807, 2.05) is 6.92 Å². The first-order valence-electron chi connectivity index (χ1n) is 5.15. The van der Waals surface area contributed by atoms with E-state index in [9.17, 15) is 9.90 Å². The zero-order chi connectivity index (χ0) is 12.3. The maximum atomic E-state index is 11.8. The normalized spacial score (nSPS) is 12.1. The number of hydrogen-bond acceptors (Lipinski definition) is 4. The van der Waals surface area contributed by atoms with Crippen molar-refractivity contribution < 1.29 is 14.3 Å². The molecule has 0 saturated carbocycles. The Balaban J connectivity index is 2.07. The van der Waals surface area contributed by atoms with Crippen LogP contribution in [0.1, 0.15) is 29.1 Å². The average Bonchev–Trinajstić information content (AvgIpc) is 2.82. The van der Waals surface area contributed by atoms with Crippen molar-refractivity contribution in [2.75, 3.05) is 0 Å². The van der Waals surface area contributed by atoms with Crippen LogP contribution in [-0.4, -0.2) is 16.0 Å². The number of furan rings is 1. The number of hydrogen-bond donors (Lipinski definition) is 2. The molecule has 0 aliphatic carbocycles. The molecule has 2 N–H and O–H groups in total. The number of nitrogens with zero attached hydrogens (tertiary/aromatic N) is 1. The summed E-state index contributed by atoms with van der Waals surface area (Å²) in [6.07, 6.45) is 4.21. The third kappa shape index (κ3) is 2.63. The van der Waals surface area contributed by atoms with Crippen molar-refractivity contribution in [1.29, 1.82) is 0 Å². The number of aromatic hydroxyl groups is 1. The number of rotatable bonds is 3. The van der Waals surface area contributed by atoms with E-state index in [1.54, 1.807) is 18.4 Å². The summed E-state index contributed by atoms with van der Waals surface area (Å²) >= 11 is 0. The van der Waals surface area contributed by atoms with Crippen molar-refractivity contribution in [3.63, 3.8) is 0 Å². The predicted octanol–water partition coefficient (Wildman–Crippen LogP) is 1.87. The number of pyridine rings is 1. The van der Waals surface area contributed by atoms with Crippen LogP contribution in [0.4, 0.5) is 0 Å². The maximum absolute atomic E-state index is 11.8. The van der Waals surface area contributed by atoms with E-state index in [0.29, 0.717) is 11.3 Å². The Morgan fingerprint density at radius 3 is 3.00 bits per heavy atom. The maximum Gasteiger partial charge on any atom is 0.253 e. The van der Waals surface area contributed by atoms with Crippen LogP contribution in [0.2, 0.25) is 0 Å². The molecule has 2 aromatic rings. The second-order valence-electron chi connectivity index (χ2n) is 3.64. The van der Waals surface area contributed by atoms with Crippen LogP contribution < -0.4 is 5.32 Å². The summed E-state index contributed by atoms with van der Waals surface area (Å²) in [5, 5.41) is 12.0. The highest BCUT2D eigenvalue weighted by molar-refractivity contribution is 5.94. The molecule has 1 atom stereocenters. The largest absolute Gasteiger partial charge is 0.506 e. The van der Waals surface area contributed by atoms with Gasteiger partial charge in [0.1, 0.15) is 11.5 Å². The van der Waals surface area contributed by atoms with Gasteiger partial charge in [-0.2, -0.15) is 0 Å². The number of aromatic nitrogens is 1. The molecule has 2 heterocycles. The third-order valence-electron chi connectivity index (χ3n) is 2.30. The summed E-state index contributed by atoms with van der Waals surface area (Å²) in [5.41, 5.74) is 0.309. The molecule has 0 radical (unpaired) electrons. The lowest BCUT2D eigenvalue weighted by Crippen LogP contribution is -2.26. The number of nitrogens with one attached hydrogen (secondary N) is 1. The molecule has 17 heavy (non-hydrogen) atoms. The van der Waals surface area contributed by atoms with Gasteiger partial charge in [0.25, 0.3) is 5.91 Å². The summed E-state index contributed by atoms with van der Waals surface area (Å²) < 4.78 is 5.18. The molecular weight excluding hydrogens is 220 g/mol. The summed E-state index contributed by atoms with van der Waals surface area (Å²) in [5.74, 6) is 0.326. The zero-order valence-electron chi connectivity index (χ0n) is 9.25. The van der Waals surface area contributed by atoms with Crippen LogP contribution in [0.15, 0.2) is 41.3 Å². The first-order valence-corrected chi connectivity index (χ1v) is 5.15. The monoisotopic (exact) mass is 232 g/mol. The van der Waals surface area contributed by atoms with Crippen LogP contribution in [0.5, 0.6) is 5.75 Å². The van der Waals surface area contributed by atoms with Gasteiger partial charge in [-0.05, 0) is 25.1 Å². The summed E-state index contributed by atoms with van der Waals surface area (Å²) in [7, 11) is 0. The van der Waals surface area contributed by atoms with Gasteiger partial charge >= 0.3 is 0 Å². The lowest BCUT2D eigenvalue weighted by atomic mass is 10.2. The molecule has 0 fully saturated rings. The van der Waals surface area contributed by atoms with E-state index < -0.39 is 0 Å². The highest BCUT2D eigenvalue weighted by Crippen LogP contribution is 2.14. The molecule has 0 bridgehead atoms. The van der Waals surface area contributed by atoms with E-state index in [-0.39, 0.29) is 17.7 Å². The van der Waals surface area contributed by atoms with Gasteiger partial charge in [0, 0.05) is 6.20 Å². The topological polar surface area (TPSA) is 75.4 Å². The fourth-order valence-corrected chi connectivity index (χ4v) is 1.44. The van der Waals surface area contributed by atoms with Crippen molar-refractivity contribution in [1.82, 2.24) is 10.3 Å². The Hall–Kier alpha value is -2.30. The quantitative estimate of drug-likeness (QED) is 0.847. The minimum atomic E-state index is -0.308. The van der Waals surface area contributed by atoms with Gasteiger partial charge < -0.3 is 14.8 Å². The van der Waals surface area contributed by atoms with Crippen molar-refractivity contribution in [2.24, 2.45) is 0 Å². The molecule has 88 valence electrons. The van der Waals surface area contributed by atoms with Crippen LogP contribution in [0.25, 0.3) is 0 Å². The molecule has 0 aliphatic heterocycles. The van der Waals surface area contributed by atoms with E-state index in [4.69, 9.17) is 4.42 Å². The standard InChI is InChI=1S/C12H12N2O3/c1-8(11-3-2-4-17-11)14-12(16)9-5-10(15)7-13-6-9/h2-8,15H,1H3,(H,14,16). The zero-order valence-corrected chi connectivity index (χ0v) is 9.25. The first-order chi connectivity index (χ1) is 8.16. The molecule has 5 nitrogen and oxygen atoms in total. The predicted molar refractivity (Wildman–Crippen MR) is 60.5 cm³/mol. The highest BCUT2D eigenvalue weighted by Gasteiger charge is 2.13. The molecule has 0 spiro atoms. The Morgan fingerprint density at radius 2 is 2.35 bits per heavy atom. The van der Waals surface area contributed by atoms with Crippen LogP contribution >= 0.6 is 0 Å². The molecule has 5 heteroatoms. The summed E-state index contributed by atoms with van der Waals surface area (Å²) in [6.45, 7) is 1.81. The van der Waals surface area contributed by atoms with Crippen molar-refractivity contribution in [2.45, 2.75) is 13.0 Å². The Labute approximate surface area is 98.1 Å². The molecular formula is C12H12N2O3. The molecule has 0 aliphatic rings. The number of amides is 1. The van der Waals surface area contributed by atoms with E-state index in [2.05, 4.69) is 10.3 Å². The van der Waals surface area contributed by atoms with Crippen LogP contribution in [0, 0.1) is 0 Å². The first kappa shape index (κ1) is 11.2. The van der Waals surface area contributed by atoms with Gasteiger partial charge in [-0.1, -0.05) is 0 Å². The smallest absolute Gasteiger partial charge is 0.253 e. The summed E-state index contributed by atoms with van der Waals surface area (Å²) in [4.78, 5) is 15.5. The van der Waals surface area contributed by atoms with Crippen molar-refractivity contribution >= 4 is 5.91 Å². The molecule has 0 saturated heterocycles. The third-order valence-corrected chi connectivity index (χ3v) is 2.30. The van der Waals surface area contributed by atoms with Gasteiger partial charge in [0.05, 0.1) is 24.1 Å². The molecule has 2 aromatic heterocycles. The minimum absolute atomic E-state index is 0.0386. The highest BCUT2D eigenvalue weighted by atomic mass is 16.3. The lowest BCUT2D eigenvalue weighted by Gasteiger charge is -2.11. The fraction of sp³-hybridized carbons (Fsp3) is 0.167. The van der Waals surface area contributed by atoms with Gasteiger partial charge in [0.2, 0.25) is 0 Å². The van der Waals surface area contributed by atoms with Gasteiger partial charge in [-0.3, -0.25) is 9.78 Å². The SMILES string of the molecule is CC(NC(=O)c1cncc(O)c1)c1ccco1. The van der Waals surface area contributed by atoms with Gasteiger partial charge in [-0.25, -0.2) is 0 Å². The Kier molecular flexibility index (Phi) is 3.09. The van der Waals surface area contributed by atoms with Crippen LogP contribution in [0.3, 0.4) is 0 Å². The van der Waals surface area contributed by atoms with Gasteiger partial charge in [-0.15, -0.1) is 0 Å². The number of carbonyl (C=O) groups excluding carboxylic acids is 1. The van der Waals surface area contributed by atoms with E-state index >= 15 is 0 Å². The van der Waals surface area contributed by atoms with Crippen molar-refractivity contribution in [3.8, 4) is 5.75 Å². The molecule has 1 unspecified atom stereocenters. The Bertz CT molecular complexity index is 508. The lowest BCUT2D eigenvalue weighted by molar-refractivity contribution is 0.0934. The van der Waals surface area contributed by atoms with Crippen molar-refractivity contribution in [3.05, 3.63) is 48.2 Å². The van der Waals surface area contributed by atoms with E-state index in [0.717, 1.165) is 0 Å². The van der Waals surface area contributed by atoms with E-state index in [1.165, 1.54) is 18.5 Å². The average molecular weight is 232 g/mol. The summed E-state index contributed by atoms with van der Waals surface area (Å²) in [6, 6.07) is 4.66. The number of carbonyl (C=O) groups is 1. The molecule has 1 amide bonds. The fourth-order valence-electron chi connectivity index (χ4n) is 1.44. The Morgan fingerprint density at radius 1 is 1.53 bits per heavy atom. The molecule has 2 rings (SSSR count). The van der Waals surface area contributed by atoms with Crippen LogP contribution in [-0.2, 0) is 0 Å². The minimum Gasteiger partial charge on any atom is -0.506 e. The molecule has 0 aromatic carbocycles. The van der Waals surface area contributed by atoms with Gasteiger partial charge in [0.15, 0.2) is 0 Å². The second-order valence-corrected chi connectivity index (χ2v) is 3.64.